The maximum atomic E-state index is 12.8. The number of anilines is 4. The molecule has 1 saturated carbocycles. The van der Waals surface area contributed by atoms with Crippen molar-refractivity contribution >= 4 is 40.2 Å². The lowest BCUT2D eigenvalue weighted by atomic mass is 9.97. The van der Waals surface area contributed by atoms with Crippen molar-refractivity contribution in [2.45, 2.75) is 31.2 Å². The minimum Gasteiger partial charge on any atom is -0.378 e. The van der Waals surface area contributed by atoms with Gasteiger partial charge in [0.2, 0.25) is 5.95 Å². The average molecular weight is 470 g/mol. The first-order valence-corrected chi connectivity index (χ1v) is 12.1. The van der Waals surface area contributed by atoms with Gasteiger partial charge in [-0.2, -0.15) is 4.98 Å². The number of carbonyl (C=O) groups excluding carboxylic acids is 1. The molecule has 9 heteroatoms. The van der Waals surface area contributed by atoms with Crippen LogP contribution in [-0.2, 0) is 4.74 Å². The van der Waals surface area contributed by atoms with Crippen LogP contribution in [0.4, 0.5) is 27.9 Å². The van der Waals surface area contributed by atoms with Gasteiger partial charge in [-0.05, 0) is 43.2 Å². The van der Waals surface area contributed by atoms with Crippen LogP contribution >= 0.6 is 0 Å². The number of ether oxygens (including phenoxy) is 1. The number of urea groups is 1. The molecular formula is C26H27N7O2. The number of hydrogen-bond donors (Lipinski definition) is 2. The molecule has 0 bridgehead atoms. The third-order valence-electron chi connectivity index (χ3n) is 7.22. The van der Waals surface area contributed by atoms with Gasteiger partial charge in [0.1, 0.15) is 5.82 Å². The highest BCUT2D eigenvalue weighted by Gasteiger charge is 2.48. The SMILES string of the molecule is C#Cc1cc(N2C(=O)NCC23CCCC3)nc2nc(Nc3ccc(N4CCOCC4)cc3)ncc12. The molecule has 178 valence electrons. The second-order valence-electron chi connectivity index (χ2n) is 9.30. The van der Waals surface area contributed by atoms with Crippen LogP contribution in [0.25, 0.3) is 11.0 Å². The van der Waals surface area contributed by atoms with E-state index in [1.165, 1.54) is 0 Å². The number of benzene rings is 1. The Balaban J connectivity index is 1.30. The largest absolute Gasteiger partial charge is 0.378 e. The van der Waals surface area contributed by atoms with Crippen LogP contribution in [0.2, 0.25) is 0 Å². The van der Waals surface area contributed by atoms with Crippen LogP contribution < -0.4 is 20.4 Å². The van der Waals surface area contributed by atoms with Crippen LogP contribution in [-0.4, -0.2) is 59.4 Å². The van der Waals surface area contributed by atoms with Crippen molar-refractivity contribution in [1.82, 2.24) is 20.3 Å². The Morgan fingerprint density at radius 2 is 1.89 bits per heavy atom. The standard InChI is InChI=1S/C26H27N7O2/c1-2-18-15-22(33-25(34)28-17-26(33)9-3-4-10-26)30-23-21(18)16-27-24(31-23)29-19-5-7-20(8-6-19)32-11-13-35-14-12-32/h1,5-8,15-16H,3-4,9-14,17H2,(H,28,34)(H,27,29,30,31). The van der Waals surface area contributed by atoms with Crippen molar-refractivity contribution < 1.29 is 9.53 Å². The zero-order valence-corrected chi connectivity index (χ0v) is 19.5. The first-order valence-electron chi connectivity index (χ1n) is 12.1. The van der Waals surface area contributed by atoms with Gasteiger partial charge < -0.3 is 20.3 Å². The number of carbonyl (C=O) groups is 1. The molecule has 1 aromatic carbocycles. The Kier molecular flexibility index (Phi) is 5.38. The Morgan fingerprint density at radius 1 is 1.11 bits per heavy atom. The number of nitrogens with zero attached hydrogens (tertiary/aromatic N) is 5. The third kappa shape index (κ3) is 3.90. The predicted octanol–water partition coefficient (Wildman–Crippen LogP) is 3.43. The smallest absolute Gasteiger partial charge is 0.323 e. The Hall–Kier alpha value is -3.90. The van der Waals surface area contributed by atoms with E-state index in [0.717, 1.165) is 63.4 Å². The minimum absolute atomic E-state index is 0.130. The number of amides is 2. The zero-order valence-electron chi connectivity index (χ0n) is 19.5. The summed E-state index contributed by atoms with van der Waals surface area (Å²) in [6.45, 7) is 3.91. The Morgan fingerprint density at radius 3 is 2.63 bits per heavy atom. The third-order valence-corrected chi connectivity index (χ3v) is 7.22. The molecule has 4 heterocycles. The van der Waals surface area contributed by atoms with E-state index < -0.39 is 0 Å². The molecular weight excluding hydrogens is 442 g/mol. The number of fused-ring (bicyclic) bond motifs is 1. The number of hydrogen-bond acceptors (Lipinski definition) is 7. The van der Waals surface area contributed by atoms with E-state index in [-0.39, 0.29) is 11.6 Å². The first kappa shape index (κ1) is 21.6. The fourth-order valence-corrected chi connectivity index (χ4v) is 5.39. The van der Waals surface area contributed by atoms with E-state index in [1.807, 2.05) is 12.1 Å². The van der Waals surface area contributed by atoms with Gasteiger partial charge in [0.05, 0.1) is 24.1 Å². The summed E-state index contributed by atoms with van der Waals surface area (Å²) in [5.74, 6) is 3.69. The molecule has 0 unspecified atom stereocenters. The Bertz CT molecular complexity index is 1310. The number of nitrogens with one attached hydrogen (secondary N) is 2. The molecule has 2 saturated heterocycles. The maximum Gasteiger partial charge on any atom is 0.323 e. The van der Waals surface area contributed by atoms with Crippen LogP contribution in [0.15, 0.2) is 36.5 Å². The van der Waals surface area contributed by atoms with Crippen molar-refractivity contribution in [3.8, 4) is 12.3 Å². The monoisotopic (exact) mass is 469 g/mol. The lowest BCUT2D eigenvalue weighted by Crippen LogP contribution is -2.45. The lowest BCUT2D eigenvalue weighted by molar-refractivity contribution is 0.122. The molecule has 0 radical (unpaired) electrons. The minimum atomic E-state index is -0.236. The van der Waals surface area contributed by atoms with Crippen LogP contribution in [0, 0.1) is 12.3 Å². The van der Waals surface area contributed by atoms with Crippen LogP contribution in [0.5, 0.6) is 0 Å². The van der Waals surface area contributed by atoms with Gasteiger partial charge in [-0.3, -0.25) is 4.90 Å². The zero-order chi connectivity index (χ0) is 23.8. The topological polar surface area (TPSA) is 95.5 Å². The number of morpholine rings is 1. The van der Waals surface area contributed by atoms with E-state index in [2.05, 4.69) is 43.6 Å². The van der Waals surface area contributed by atoms with Gasteiger partial charge >= 0.3 is 6.03 Å². The summed E-state index contributed by atoms with van der Waals surface area (Å²) in [5.41, 5.74) is 2.89. The van der Waals surface area contributed by atoms with E-state index >= 15 is 0 Å². The molecule has 35 heavy (non-hydrogen) atoms. The fraction of sp³-hybridized carbons (Fsp3) is 0.385. The molecule has 2 N–H and O–H groups in total. The summed E-state index contributed by atoms with van der Waals surface area (Å²) in [5, 5.41) is 6.94. The summed E-state index contributed by atoms with van der Waals surface area (Å²) in [6, 6.07) is 9.84. The quantitative estimate of drug-likeness (QED) is 0.565. The van der Waals surface area contributed by atoms with Gasteiger partial charge in [0, 0.05) is 42.8 Å². The van der Waals surface area contributed by atoms with Gasteiger partial charge in [-0.25, -0.2) is 14.8 Å². The second-order valence-corrected chi connectivity index (χ2v) is 9.30. The maximum absolute atomic E-state index is 12.8. The highest BCUT2D eigenvalue weighted by Crippen LogP contribution is 2.40. The summed E-state index contributed by atoms with van der Waals surface area (Å²) in [4.78, 5) is 30.8. The van der Waals surface area contributed by atoms with Gasteiger partial charge in [-0.1, -0.05) is 18.8 Å². The molecule has 2 aliphatic heterocycles. The van der Waals surface area contributed by atoms with Crippen molar-refractivity contribution in [2.75, 3.05) is 48.0 Å². The first-order chi connectivity index (χ1) is 17.1. The second kappa shape index (κ2) is 8.71. The number of rotatable bonds is 4. The predicted molar refractivity (Wildman–Crippen MR) is 135 cm³/mol. The molecule has 3 fully saturated rings. The van der Waals surface area contributed by atoms with E-state index in [0.29, 0.717) is 34.9 Å². The number of terminal acetylenes is 1. The van der Waals surface area contributed by atoms with Crippen molar-refractivity contribution in [3.63, 3.8) is 0 Å². The molecule has 1 aliphatic carbocycles. The van der Waals surface area contributed by atoms with E-state index in [9.17, 15) is 4.79 Å². The van der Waals surface area contributed by atoms with Gasteiger partial charge in [0.15, 0.2) is 5.65 Å². The highest BCUT2D eigenvalue weighted by molar-refractivity contribution is 5.97. The summed E-state index contributed by atoms with van der Waals surface area (Å²) < 4.78 is 5.44. The van der Waals surface area contributed by atoms with Crippen LogP contribution in [0.1, 0.15) is 31.2 Å². The Labute approximate surface area is 203 Å². The van der Waals surface area contributed by atoms with Crippen molar-refractivity contribution in [3.05, 3.63) is 42.1 Å². The van der Waals surface area contributed by atoms with Gasteiger partial charge in [-0.15, -0.1) is 6.42 Å². The molecule has 3 aliphatic rings. The summed E-state index contributed by atoms with van der Waals surface area (Å²) in [6.07, 6.45) is 11.6. The normalized spacial score (nSPS) is 19.2. The molecule has 1 spiro atoms. The van der Waals surface area contributed by atoms with E-state index in [4.69, 9.17) is 16.1 Å². The summed E-state index contributed by atoms with van der Waals surface area (Å²) in [7, 11) is 0. The highest BCUT2D eigenvalue weighted by atomic mass is 16.5. The lowest BCUT2D eigenvalue weighted by Gasteiger charge is -2.32. The van der Waals surface area contributed by atoms with Crippen LogP contribution in [0.3, 0.4) is 0 Å². The number of pyridine rings is 1. The fourth-order valence-electron chi connectivity index (χ4n) is 5.39. The van der Waals surface area contributed by atoms with Crippen molar-refractivity contribution in [1.29, 1.82) is 0 Å². The molecule has 0 atom stereocenters. The average Bonchev–Trinajstić information content (AvgIpc) is 3.50. The molecule has 2 aromatic heterocycles. The number of aromatic nitrogens is 3. The molecule has 9 nitrogen and oxygen atoms in total. The molecule has 6 rings (SSSR count). The molecule has 3 aromatic rings. The van der Waals surface area contributed by atoms with Gasteiger partial charge in [0.25, 0.3) is 0 Å². The van der Waals surface area contributed by atoms with Crippen molar-refractivity contribution in [2.24, 2.45) is 0 Å². The van der Waals surface area contributed by atoms with E-state index in [1.54, 1.807) is 17.2 Å². The molecule has 2 amide bonds. The summed E-state index contributed by atoms with van der Waals surface area (Å²) >= 11 is 0.